The van der Waals surface area contributed by atoms with Crippen LogP contribution in [0.3, 0.4) is 0 Å². The van der Waals surface area contributed by atoms with E-state index in [4.69, 9.17) is 14.9 Å². The third-order valence-corrected chi connectivity index (χ3v) is 1.82. The number of aliphatic hydroxyl groups is 2. The Labute approximate surface area is 94.7 Å². The number of aliphatic hydroxyl groups excluding tert-OH is 2. The van der Waals surface area contributed by atoms with Crippen molar-refractivity contribution < 1.29 is 24.5 Å². The van der Waals surface area contributed by atoms with Gasteiger partial charge in [-0.3, -0.25) is 9.59 Å². The predicted molar refractivity (Wildman–Crippen MR) is 58.0 cm³/mol. The van der Waals surface area contributed by atoms with Crippen LogP contribution in [-0.4, -0.2) is 47.7 Å². The second kappa shape index (κ2) is 9.21. The zero-order valence-electron chi connectivity index (χ0n) is 9.33. The van der Waals surface area contributed by atoms with Crippen molar-refractivity contribution in [1.82, 2.24) is 0 Å². The SMILES string of the molecule is CCC/C=C\C(=O)C(C=O)OCC(O)CO. The average molecular weight is 230 g/mol. The van der Waals surface area contributed by atoms with Gasteiger partial charge in [0.15, 0.2) is 18.2 Å². The molecule has 2 atom stereocenters. The number of unbranched alkanes of at least 4 members (excludes halogenated alkanes) is 1. The lowest BCUT2D eigenvalue weighted by Gasteiger charge is -2.11. The zero-order chi connectivity index (χ0) is 12.4. The molecule has 92 valence electrons. The van der Waals surface area contributed by atoms with Gasteiger partial charge in [-0.1, -0.05) is 19.4 Å². The van der Waals surface area contributed by atoms with Crippen molar-refractivity contribution in [2.45, 2.75) is 32.0 Å². The number of carbonyl (C=O) groups is 2. The standard InChI is InChI=1S/C11H18O5/c1-2-3-4-5-10(15)11(7-13)16-8-9(14)6-12/h4-5,7,9,11-12,14H,2-3,6,8H2,1H3/b5-4-. The number of rotatable bonds is 9. The van der Waals surface area contributed by atoms with Crippen LogP contribution in [0.15, 0.2) is 12.2 Å². The lowest BCUT2D eigenvalue weighted by Crippen LogP contribution is -2.30. The summed E-state index contributed by atoms with van der Waals surface area (Å²) in [5.74, 6) is -0.450. The van der Waals surface area contributed by atoms with Crippen LogP contribution < -0.4 is 0 Å². The molecule has 0 heterocycles. The molecule has 5 heteroatoms. The Bertz CT molecular complexity index is 237. The van der Waals surface area contributed by atoms with Gasteiger partial charge >= 0.3 is 0 Å². The summed E-state index contributed by atoms with van der Waals surface area (Å²) < 4.78 is 4.86. The maximum atomic E-state index is 11.4. The second-order valence-electron chi connectivity index (χ2n) is 3.32. The van der Waals surface area contributed by atoms with Gasteiger partial charge in [-0.25, -0.2) is 0 Å². The first-order valence-corrected chi connectivity index (χ1v) is 5.21. The van der Waals surface area contributed by atoms with Crippen LogP contribution in [0.5, 0.6) is 0 Å². The molecule has 0 aromatic rings. The van der Waals surface area contributed by atoms with E-state index in [-0.39, 0.29) is 6.61 Å². The first-order valence-electron chi connectivity index (χ1n) is 5.21. The molecular formula is C11H18O5. The lowest BCUT2D eigenvalue weighted by molar-refractivity contribution is -0.135. The Hall–Kier alpha value is -1.04. The van der Waals surface area contributed by atoms with Crippen molar-refractivity contribution in [3.05, 3.63) is 12.2 Å². The Kier molecular flexibility index (Phi) is 8.61. The molecular weight excluding hydrogens is 212 g/mol. The summed E-state index contributed by atoms with van der Waals surface area (Å²) in [5, 5.41) is 17.5. The highest BCUT2D eigenvalue weighted by Gasteiger charge is 2.16. The molecule has 0 aliphatic rings. The quantitative estimate of drug-likeness (QED) is 0.327. The summed E-state index contributed by atoms with van der Waals surface area (Å²) in [7, 11) is 0. The van der Waals surface area contributed by atoms with Gasteiger partial charge in [0.1, 0.15) is 6.10 Å². The van der Waals surface area contributed by atoms with E-state index in [2.05, 4.69) is 0 Å². The van der Waals surface area contributed by atoms with Gasteiger partial charge < -0.3 is 14.9 Å². The Morgan fingerprint density at radius 1 is 1.50 bits per heavy atom. The molecule has 0 fully saturated rings. The molecule has 0 aliphatic carbocycles. The highest BCUT2D eigenvalue weighted by Crippen LogP contribution is 1.97. The third kappa shape index (κ3) is 6.44. The largest absolute Gasteiger partial charge is 0.394 e. The summed E-state index contributed by atoms with van der Waals surface area (Å²) in [6.07, 6.45) is 2.75. The number of ketones is 1. The van der Waals surface area contributed by atoms with Gasteiger partial charge in [0.25, 0.3) is 0 Å². The average Bonchev–Trinajstić information content (AvgIpc) is 2.29. The van der Waals surface area contributed by atoms with Crippen LogP contribution in [0.2, 0.25) is 0 Å². The molecule has 2 unspecified atom stereocenters. The number of allylic oxidation sites excluding steroid dienone is 1. The third-order valence-electron chi connectivity index (χ3n) is 1.82. The van der Waals surface area contributed by atoms with Gasteiger partial charge in [-0.2, -0.15) is 0 Å². The van der Waals surface area contributed by atoms with E-state index < -0.39 is 24.6 Å². The molecule has 0 amide bonds. The molecule has 0 aromatic carbocycles. The van der Waals surface area contributed by atoms with E-state index in [1.54, 1.807) is 6.08 Å². The number of hydrogen-bond acceptors (Lipinski definition) is 5. The van der Waals surface area contributed by atoms with Crippen molar-refractivity contribution in [2.75, 3.05) is 13.2 Å². The van der Waals surface area contributed by atoms with Crippen molar-refractivity contribution in [3.8, 4) is 0 Å². The zero-order valence-corrected chi connectivity index (χ0v) is 9.33. The fourth-order valence-corrected chi connectivity index (χ4v) is 0.917. The van der Waals surface area contributed by atoms with Crippen LogP contribution in [-0.2, 0) is 14.3 Å². The molecule has 0 saturated heterocycles. The van der Waals surface area contributed by atoms with Gasteiger partial charge in [0, 0.05) is 0 Å². The number of aldehydes is 1. The molecule has 0 bridgehead atoms. The van der Waals surface area contributed by atoms with E-state index in [9.17, 15) is 9.59 Å². The van der Waals surface area contributed by atoms with E-state index in [1.807, 2.05) is 6.92 Å². The maximum absolute atomic E-state index is 11.4. The first-order chi connectivity index (χ1) is 7.65. The van der Waals surface area contributed by atoms with Crippen LogP contribution in [0.25, 0.3) is 0 Å². The minimum atomic E-state index is -1.20. The monoisotopic (exact) mass is 230 g/mol. The van der Waals surface area contributed by atoms with Crippen molar-refractivity contribution >= 4 is 12.1 Å². The molecule has 16 heavy (non-hydrogen) atoms. The molecule has 2 N–H and O–H groups in total. The summed E-state index contributed by atoms with van der Waals surface area (Å²) in [6.45, 7) is 1.26. The van der Waals surface area contributed by atoms with Crippen molar-refractivity contribution in [1.29, 1.82) is 0 Å². The predicted octanol–water partition coefficient (Wildman–Crippen LogP) is -0.151. The van der Waals surface area contributed by atoms with E-state index >= 15 is 0 Å². The van der Waals surface area contributed by atoms with Crippen LogP contribution >= 0.6 is 0 Å². The fraction of sp³-hybridized carbons (Fsp3) is 0.636. The Morgan fingerprint density at radius 3 is 2.69 bits per heavy atom. The Morgan fingerprint density at radius 2 is 2.19 bits per heavy atom. The first kappa shape index (κ1) is 15.0. The molecule has 0 aliphatic heterocycles. The van der Waals surface area contributed by atoms with Gasteiger partial charge in [-0.15, -0.1) is 0 Å². The number of carbonyl (C=O) groups excluding carboxylic acids is 2. The number of ether oxygens (including phenoxy) is 1. The lowest BCUT2D eigenvalue weighted by atomic mass is 10.2. The van der Waals surface area contributed by atoms with E-state index in [0.29, 0.717) is 6.29 Å². The molecule has 0 saturated carbocycles. The normalized spacial score (nSPS) is 14.9. The van der Waals surface area contributed by atoms with Gasteiger partial charge in [0.2, 0.25) is 0 Å². The second-order valence-corrected chi connectivity index (χ2v) is 3.32. The Balaban J connectivity index is 4.06. The summed E-state index contributed by atoms with van der Waals surface area (Å²) >= 11 is 0. The maximum Gasteiger partial charge on any atom is 0.191 e. The fourth-order valence-electron chi connectivity index (χ4n) is 0.917. The highest BCUT2D eigenvalue weighted by atomic mass is 16.5. The van der Waals surface area contributed by atoms with E-state index in [0.717, 1.165) is 12.8 Å². The van der Waals surface area contributed by atoms with Crippen molar-refractivity contribution in [3.63, 3.8) is 0 Å². The van der Waals surface area contributed by atoms with Gasteiger partial charge in [-0.05, 0) is 12.5 Å². The van der Waals surface area contributed by atoms with Crippen LogP contribution in [0.4, 0.5) is 0 Å². The summed E-state index contributed by atoms with van der Waals surface area (Å²) in [5.41, 5.74) is 0. The van der Waals surface area contributed by atoms with Crippen LogP contribution in [0.1, 0.15) is 19.8 Å². The highest BCUT2D eigenvalue weighted by molar-refractivity contribution is 6.03. The molecule has 5 nitrogen and oxygen atoms in total. The topological polar surface area (TPSA) is 83.8 Å². The van der Waals surface area contributed by atoms with Gasteiger partial charge in [0.05, 0.1) is 13.2 Å². The van der Waals surface area contributed by atoms with Crippen LogP contribution in [0, 0.1) is 0 Å². The van der Waals surface area contributed by atoms with E-state index in [1.165, 1.54) is 6.08 Å². The molecule has 0 radical (unpaired) electrons. The summed E-state index contributed by atoms with van der Waals surface area (Å²) in [6, 6.07) is 0. The molecule has 0 rings (SSSR count). The molecule has 0 spiro atoms. The molecule has 0 aromatic heterocycles. The summed E-state index contributed by atoms with van der Waals surface area (Å²) in [4.78, 5) is 21.9. The van der Waals surface area contributed by atoms with Crippen molar-refractivity contribution in [2.24, 2.45) is 0 Å². The number of hydrogen-bond donors (Lipinski definition) is 2. The minimum absolute atomic E-state index is 0.243. The smallest absolute Gasteiger partial charge is 0.191 e. The minimum Gasteiger partial charge on any atom is -0.394 e.